The van der Waals surface area contributed by atoms with E-state index in [1.54, 1.807) is 30.8 Å². The monoisotopic (exact) mass is 355 g/mol. The number of aromatic nitrogens is 1. The van der Waals surface area contributed by atoms with Crippen molar-refractivity contribution in [3.8, 4) is 0 Å². The van der Waals surface area contributed by atoms with Crippen LogP contribution in [0.5, 0.6) is 0 Å². The predicted molar refractivity (Wildman–Crippen MR) is 96.6 cm³/mol. The number of carbonyl (C=O) groups is 1. The molecule has 6 nitrogen and oxygen atoms in total. The van der Waals surface area contributed by atoms with Crippen molar-refractivity contribution in [3.05, 3.63) is 54.2 Å². The maximum absolute atomic E-state index is 12.6. The zero-order chi connectivity index (χ0) is 18.0. The van der Waals surface area contributed by atoms with Gasteiger partial charge in [-0.15, -0.1) is 0 Å². The molecule has 2 aliphatic heterocycles. The molecule has 6 heteroatoms. The van der Waals surface area contributed by atoms with E-state index in [1.165, 1.54) is 0 Å². The fraction of sp³-hybridized carbons (Fsp3) is 0.500. The van der Waals surface area contributed by atoms with E-state index in [0.717, 1.165) is 51.3 Å². The van der Waals surface area contributed by atoms with Gasteiger partial charge in [0.1, 0.15) is 5.76 Å². The second-order valence-electron chi connectivity index (χ2n) is 7.37. The van der Waals surface area contributed by atoms with Gasteiger partial charge in [0.2, 0.25) is 0 Å². The van der Waals surface area contributed by atoms with Crippen molar-refractivity contribution in [1.29, 1.82) is 0 Å². The number of furan rings is 1. The Morgan fingerprint density at radius 3 is 2.77 bits per heavy atom. The van der Waals surface area contributed by atoms with Gasteiger partial charge in [-0.3, -0.25) is 14.7 Å². The lowest BCUT2D eigenvalue weighted by Gasteiger charge is -2.39. The molecule has 2 aromatic heterocycles. The molecule has 0 saturated carbocycles. The Bertz CT molecular complexity index is 724. The van der Waals surface area contributed by atoms with Crippen molar-refractivity contribution >= 4 is 5.91 Å². The van der Waals surface area contributed by atoms with Gasteiger partial charge in [-0.25, -0.2) is 0 Å². The number of rotatable bonds is 4. The van der Waals surface area contributed by atoms with E-state index >= 15 is 0 Å². The van der Waals surface area contributed by atoms with Crippen LogP contribution in [0.2, 0.25) is 0 Å². The van der Waals surface area contributed by atoms with Gasteiger partial charge >= 0.3 is 0 Å². The molecule has 1 unspecified atom stereocenters. The first kappa shape index (κ1) is 17.2. The van der Waals surface area contributed by atoms with E-state index in [2.05, 4.69) is 16.9 Å². The molecule has 1 amide bonds. The number of amides is 1. The van der Waals surface area contributed by atoms with Crippen LogP contribution in [0.3, 0.4) is 0 Å². The Balaban J connectivity index is 1.32. The molecule has 2 aliphatic rings. The van der Waals surface area contributed by atoms with Crippen LogP contribution < -0.4 is 0 Å². The number of nitrogens with zero attached hydrogens (tertiary/aromatic N) is 3. The van der Waals surface area contributed by atoms with E-state index in [0.29, 0.717) is 11.6 Å². The van der Waals surface area contributed by atoms with E-state index < -0.39 is 0 Å². The summed E-state index contributed by atoms with van der Waals surface area (Å²) in [7, 11) is 2.12. The molecule has 4 heterocycles. The van der Waals surface area contributed by atoms with Gasteiger partial charge in [0.15, 0.2) is 0 Å². The van der Waals surface area contributed by atoms with Crippen LogP contribution in [-0.4, -0.2) is 59.1 Å². The average Bonchev–Trinajstić information content (AvgIpc) is 3.33. The smallest absolute Gasteiger partial charge is 0.253 e. The molecular formula is C20H25N3O3. The van der Waals surface area contributed by atoms with Gasteiger partial charge in [0, 0.05) is 37.1 Å². The molecule has 0 bridgehead atoms. The topological polar surface area (TPSA) is 58.8 Å². The van der Waals surface area contributed by atoms with Crippen LogP contribution in [0.25, 0.3) is 0 Å². The molecule has 2 aromatic rings. The largest absolute Gasteiger partial charge is 0.468 e. The van der Waals surface area contributed by atoms with Crippen LogP contribution >= 0.6 is 0 Å². The van der Waals surface area contributed by atoms with E-state index in [1.807, 2.05) is 17.0 Å². The molecule has 2 saturated heterocycles. The molecule has 0 radical (unpaired) electrons. The Labute approximate surface area is 153 Å². The second-order valence-corrected chi connectivity index (χ2v) is 7.37. The van der Waals surface area contributed by atoms with Crippen LogP contribution in [-0.2, 0) is 11.3 Å². The summed E-state index contributed by atoms with van der Waals surface area (Å²) >= 11 is 0. The summed E-state index contributed by atoms with van der Waals surface area (Å²) in [5, 5.41) is 0. The molecule has 1 spiro atoms. The van der Waals surface area contributed by atoms with E-state index in [9.17, 15) is 4.79 Å². The Morgan fingerprint density at radius 2 is 2.08 bits per heavy atom. The number of carbonyl (C=O) groups excluding carboxylic acids is 1. The minimum Gasteiger partial charge on any atom is -0.468 e. The zero-order valence-electron chi connectivity index (χ0n) is 15.1. The molecule has 0 aliphatic carbocycles. The summed E-state index contributed by atoms with van der Waals surface area (Å²) in [6.07, 6.45) is 7.85. The minimum atomic E-state index is -0.0862. The molecule has 138 valence electrons. The normalized spacial score (nSPS) is 22.2. The van der Waals surface area contributed by atoms with Crippen molar-refractivity contribution in [2.75, 3.05) is 26.7 Å². The van der Waals surface area contributed by atoms with Crippen molar-refractivity contribution < 1.29 is 13.9 Å². The van der Waals surface area contributed by atoms with Gasteiger partial charge < -0.3 is 14.1 Å². The second kappa shape index (κ2) is 7.21. The Hall–Kier alpha value is -2.18. The fourth-order valence-corrected chi connectivity index (χ4v) is 4.02. The fourth-order valence-electron chi connectivity index (χ4n) is 4.02. The van der Waals surface area contributed by atoms with Gasteiger partial charge in [0.05, 0.1) is 25.0 Å². The summed E-state index contributed by atoms with van der Waals surface area (Å²) < 4.78 is 11.7. The Morgan fingerprint density at radius 1 is 1.31 bits per heavy atom. The molecule has 0 aromatic carbocycles. The van der Waals surface area contributed by atoms with Crippen LogP contribution in [0, 0.1) is 0 Å². The molecule has 1 atom stereocenters. The maximum Gasteiger partial charge on any atom is 0.253 e. The third kappa shape index (κ3) is 3.52. The number of hydrogen-bond donors (Lipinski definition) is 0. The molecule has 0 N–H and O–H groups in total. The van der Waals surface area contributed by atoms with Crippen molar-refractivity contribution in [1.82, 2.24) is 14.8 Å². The first-order valence-electron chi connectivity index (χ1n) is 9.21. The number of likely N-dealkylation sites (N-methyl/N-ethyl adjacent to an activating group) is 1. The highest BCUT2D eigenvalue weighted by atomic mass is 16.5. The van der Waals surface area contributed by atoms with Crippen molar-refractivity contribution in [3.63, 3.8) is 0 Å². The van der Waals surface area contributed by atoms with Crippen molar-refractivity contribution in [2.24, 2.45) is 0 Å². The summed E-state index contributed by atoms with van der Waals surface area (Å²) in [5.74, 6) is 1.07. The highest BCUT2D eigenvalue weighted by Crippen LogP contribution is 2.38. The lowest BCUT2D eigenvalue weighted by molar-refractivity contribution is -0.0393. The van der Waals surface area contributed by atoms with Crippen molar-refractivity contribution in [2.45, 2.75) is 37.5 Å². The van der Waals surface area contributed by atoms with Crippen LogP contribution in [0.15, 0.2) is 47.3 Å². The lowest BCUT2D eigenvalue weighted by Crippen LogP contribution is -2.47. The van der Waals surface area contributed by atoms with E-state index in [-0.39, 0.29) is 11.5 Å². The predicted octanol–water partition coefficient (Wildman–Crippen LogP) is 2.57. The van der Waals surface area contributed by atoms with Gasteiger partial charge in [0.25, 0.3) is 5.91 Å². The summed E-state index contributed by atoms with van der Waals surface area (Å²) in [6.45, 7) is 3.03. The quantitative estimate of drug-likeness (QED) is 0.844. The maximum atomic E-state index is 12.6. The first-order chi connectivity index (χ1) is 12.7. The first-order valence-corrected chi connectivity index (χ1v) is 9.21. The Kier molecular flexibility index (Phi) is 4.78. The molecule has 2 fully saturated rings. The van der Waals surface area contributed by atoms with Crippen LogP contribution in [0.4, 0.5) is 0 Å². The highest BCUT2D eigenvalue weighted by Gasteiger charge is 2.44. The lowest BCUT2D eigenvalue weighted by atomic mass is 9.87. The molecule has 26 heavy (non-hydrogen) atoms. The third-order valence-electron chi connectivity index (χ3n) is 5.69. The van der Waals surface area contributed by atoms with Gasteiger partial charge in [-0.1, -0.05) is 0 Å². The minimum absolute atomic E-state index is 0.0862. The van der Waals surface area contributed by atoms with Gasteiger partial charge in [-0.2, -0.15) is 0 Å². The summed E-state index contributed by atoms with van der Waals surface area (Å²) in [4.78, 5) is 20.8. The van der Waals surface area contributed by atoms with Crippen LogP contribution in [0.1, 0.15) is 35.4 Å². The standard InChI is InChI=1S/C20H25N3O3/c1-22(14-18-3-2-12-25-18)17-13-20(26-15-17)6-10-23(11-7-20)19(24)16-4-8-21-9-5-16/h2-5,8-9,12,17H,6-7,10-11,13-15H2,1H3. The number of likely N-dealkylation sites (tertiary alicyclic amines) is 1. The SMILES string of the molecule is CN(Cc1ccco1)C1COC2(CCN(C(=O)c3ccncc3)CC2)C1. The number of ether oxygens (including phenoxy) is 1. The molecule has 4 rings (SSSR count). The number of pyridine rings is 1. The summed E-state index contributed by atoms with van der Waals surface area (Å²) in [6, 6.07) is 7.87. The average molecular weight is 355 g/mol. The summed E-state index contributed by atoms with van der Waals surface area (Å²) in [5.41, 5.74) is 0.622. The molecular weight excluding hydrogens is 330 g/mol. The zero-order valence-corrected chi connectivity index (χ0v) is 15.1. The third-order valence-corrected chi connectivity index (χ3v) is 5.69. The number of hydrogen-bond acceptors (Lipinski definition) is 5. The van der Waals surface area contributed by atoms with E-state index in [4.69, 9.17) is 9.15 Å². The number of piperidine rings is 1. The van der Waals surface area contributed by atoms with Gasteiger partial charge in [-0.05, 0) is 50.6 Å². The highest BCUT2D eigenvalue weighted by molar-refractivity contribution is 5.94.